The van der Waals surface area contributed by atoms with Crippen LogP contribution in [0.4, 0.5) is 24.5 Å². The molecule has 21 heavy (non-hydrogen) atoms. The maximum absolute atomic E-state index is 12.6. The van der Waals surface area contributed by atoms with Gasteiger partial charge in [-0.1, -0.05) is 0 Å². The van der Waals surface area contributed by atoms with Gasteiger partial charge in [0, 0.05) is 12.6 Å². The summed E-state index contributed by atoms with van der Waals surface area (Å²) in [6.45, 7) is 0.597. The first-order valence-corrected chi connectivity index (χ1v) is 6.06. The zero-order chi connectivity index (χ0) is 15.7. The monoisotopic (exact) mass is 306 g/mol. The number of hydrogen-bond acceptors (Lipinski definition) is 5. The number of halogens is 3. The normalized spacial score (nSPS) is 17.1. The van der Waals surface area contributed by atoms with Crippen LogP contribution in [0, 0.1) is 15.5 Å². The molecular weight excluding hydrogens is 293 g/mol. The Hall–Kier alpha value is -1.87. The van der Waals surface area contributed by atoms with Gasteiger partial charge < -0.3 is 15.2 Å². The molecule has 2 rings (SSSR count). The highest BCUT2D eigenvalue weighted by Gasteiger charge is 2.38. The number of benzene rings is 1. The lowest BCUT2D eigenvalue weighted by Gasteiger charge is -2.40. The van der Waals surface area contributed by atoms with E-state index in [4.69, 9.17) is 4.74 Å². The summed E-state index contributed by atoms with van der Waals surface area (Å²) in [5.41, 5.74) is -2.30. The van der Waals surface area contributed by atoms with E-state index in [1.807, 2.05) is 0 Å². The van der Waals surface area contributed by atoms with Gasteiger partial charge in [0.05, 0.1) is 35.7 Å². The molecule has 6 nitrogen and oxygen atoms in total. The van der Waals surface area contributed by atoms with Crippen LogP contribution in [0.25, 0.3) is 0 Å². The van der Waals surface area contributed by atoms with Crippen molar-refractivity contribution in [3.8, 4) is 0 Å². The summed E-state index contributed by atoms with van der Waals surface area (Å²) in [6, 6.07) is 2.29. The molecule has 1 aliphatic heterocycles. The van der Waals surface area contributed by atoms with Gasteiger partial charge in [-0.2, -0.15) is 13.2 Å². The number of nitrogens with zero attached hydrogens (tertiary/aromatic N) is 1. The average Bonchev–Trinajstić information content (AvgIpc) is 2.36. The molecule has 9 heteroatoms. The molecule has 1 saturated heterocycles. The van der Waals surface area contributed by atoms with Crippen LogP contribution >= 0.6 is 0 Å². The second kappa shape index (κ2) is 5.49. The number of aliphatic hydroxyl groups excluding tert-OH is 1. The Bertz CT molecular complexity index is 538. The summed E-state index contributed by atoms with van der Waals surface area (Å²) in [5.74, 6) is 0. The van der Waals surface area contributed by atoms with Gasteiger partial charge in [0.1, 0.15) is 5.69 Å². The first-order valence-electron chi connectivity index (χ1n) is 6.06. The minimum atomic E-state index is -4.64. The van der Waals surface area contributed by atoms with Crippen molar-refractivity contribution in [3.05, 3.63) is 33.9 Å². The Morgan fingerprint density at radius 3 is 2.52 bits per heavy atom. The van der Waals surface area contributed by atoms with E-state index in [1.54, 1.807) is 0 Å². The highest BCUT2D eigenvalue weighted by atomic mass is 19.4. The third-order valence-corrected chi connectivity index (χ3v) is 3.33. The van der Waals surface area contributed by atoms with Crippen LogP contribution in [0.3, 0.4) is 0 Å². The lowest BCUT2D eigenvalue weighted by Crippen LogP contribution is -2.50. The lowest BCUT2D eigenvalue weighted by atomic mass is 9.87. The number of aliphatic hydroxyl groups is 1. The fourth-order valence-corrected chi connectivity index (χ4v) is 1.93. The first-order chi connectivity index (χ1) is 9.77. The van der Waals surface area contributed by atoms with Crippen molar-refractivity contribution in [2.24, 2.45) is 5.41 Å². The van der Waals surface area contributed by atoms with Gasteiger partial charge in [-0.25, -0.2) is 0 Å². The van der Waals surface area contributed by atoms with E-state index in [9.17, 15) is 28.4 Å². The summed E-state index contributed by atoms with van der Waals surface area (Å²) < 4.78 is 42.7. The highest BCUT2D eigenvalue weighted by Crippen LogP contribution is 2.36. The van der Waals surface area contributed by atoms with Crippen LogP contribution in [-0.4, -0.2) is 36.4 Å². The van der Waals surface area contributed by atoms with Crippen molar-refractivity contribution < 1.29 is 27.9 Å². The SMILES string of the molecule is O=[N+]([O-])c1cc(C(F)(F)F)ccc1NCC1(CO)COC1. The number of nitro benzene ring substituents is 1. The standard InChI is InChI=1S/C12H13F3N2O4/c13-12(14,15)8-1-2-9(10(3-8)17(19)20)16-4-11(5-18)6-21-7-11/h1-3,16,18H,4-7H2. The number of hydrogen-bond donors (Lipinski definition) is 2. The van der Waals surface area contributed by atoms with Crippen molar-refractivity contribution >= 4 is 11.4 Å². The predicted octanol–water partition coefficient (Wildman–Crippen LogP) is 2.03. The zero-order valence-electron chi connectivity index (χ0n) is 10.8. The van der Waals surface area contributed by atoms with Crippen LogP contribution in [0.15, 0.2) is 18.2 Å². The van der Waals surface area contributed by atoms with Gasteiger partial charge >= 0.3 is 6.18 Å². The maximum Gasteiger partial charge on any atom is 0.416 e. The highest BCUT2D eigenvalue weighted by molar-refractivity contribution is 5.63. The van der Waals surface area contributed by atoms with E-state index in [-0.39, 0.29) is 18.8 Å². The van der Waals surface area contributed by atoms with Crippen molar-refractivity contribution in [1.82, 2.24) is 0 Å². The van der Waals surface area contributed by atoms with Gasteiger partial charge in [0.2, 0.25) is 0 Å². The van der Waals surface area contributed by atoms with Crippen molar-refractivity contribution in [2.45, 2.75) is 6.18 Å². The van der Waals surface area contributed by atoms with Crippen LogP contribution in [0.2, 0.25) is 0 Å². The third kappa shape index (κ3) is 3.24. The molecule has 0 radical (unpaired) electrons. The Balaban J connectivity index is 2.21. The second-order valence-corrected chi connectivity index (χ2v) is 4.99. The molecule has 116 valence electrons. The molecule has 1 aromatic rings. The van der Waals surface area contributed by atoms with Gasteiger partial charge in [-0.15, -0.1) is 0 Å². The van der Waals surface area contributed by atoms with Crippen molar-refractivity contribution in [2.75, 3.05) is 31.7 Å². The Labute approximate surface area is 117 Å². The number of alkyl halides is 3. The van der Waals surface area contributed by atoms with Gasteiger partial charge in [0.25, 0.3) is 5.69 Å². The molecule has 1 fully saturated rings. The quantitative estimate of drug-likeness (QED) is 0.642. The smallest absolute Gasteiger partial charge is 0.396 e. The lowest BCUT2D eigenvalue weighted by molar-refractivity contribution is -0.384. The molecule has 1 aromatic carbocycles. The van der Waals surface area contributed by atoms with E-state index < -0.39 is 27.8 Å². The van der Waals surface area contributed by atoms with Crippen LogP contribution in [0.1, 0.15) is 5.56 Å². The molecule has 2 N–H and O–H groups in total. The van der Waals surface area contributed by atoms with Gasteiger partial charge in [-0.05, 0) is 12.1 Å². The average molecular weight is 306 g/mol. The first kappa shape index (κ1) is 15.5. The summed E-state index contributed by atoms with van der Waals surface area (Å²) in [7, 11) is 0. The molecule has 1 heterocycles. The molecule has 0 bridgehead atoms. The molecule has 0 aliphatic carbocycles. The summed E-state index contributed by atoms with van der Waals surface area (Å²) >= 11 is 0. The largest absolute Gasteiger partial charge is 0.416 e. The van der Waals surface area contributed by atoms with E-state index in [2.05, 4.69) is 5.32 Å². The number of nitrogens with one attached hydrogen (secondary N) is 1. The third-order valence-electron chi connectivity index (χ3n) is 3.33. The minimum Gasteiger partial charge on any atom is -0.396 e. The number of nitro groups is 1. The van der Waals surface area contributed by atoms with Crippen molar-refractivity contribution in [1.29, 1.82) is 0 Å². The van der Waals surface area contributed by atoms with E-state index in [1.165, 1.54) is 0 Å². The Kier molecular flexibility index (Phi) is 4.06. The fourth-order valence-electron chi connectivity index (χ4n) is 1.93. The molecule has 0 atom stereocenters. The molecule has 0 amide bonds. The number of rotatable bonds is 5. The molecule has 0 unspecified atom stereocenters. The maximum atomic E-state index is 12.6. The second-order valence-electron chi connectivity index (χ2n) is 4.99. The van der Waals surface area contributed by atoms with E-state index in [0.29, 0.717) is 19.3 Å². The van der Waals surface area contributed by atoms with Gasteiger partial charge in [0.15, 0.2) is 0 Å². The number of anilines is 1. The molecule has 1 aliphatic rings. The van der Waals surface area contributed by atoms with E-state index in [0.717, 1.165) is 12.1 Å². The van der Waals surface area contributed by atoms with Crippen LogP contribution < -0.4 is 5.32 Å². The van der Waals surface area contributed by atoms with Crippen molar-refractivity contribution in [3.63, 3.8) is 0 Å². The van der Waals surface area contributed by atoms with E-state index >= 15 is 0 Å². The zero-order valence-corrected chi connectivity index (χ0v) is 10.8. The predicted molar refractivity (Wildman–Crippen MR) is 66.9 cm³/mol. The Morgan fingerprint density at radius 1 is 1.43 bits per heavy atom. The molecule has 0 saturated carbocycles. The summed E-state index contributed by atoms with van der Waals surface area (Å²) in [5, 5.41) is 22.9. The summed E-state index contributed by atoms with van der Waals surface area (Å²) in [4.78, 5) is 10.0. The minimum absolute atomic E-state index is 0.0206. The molecule has 0 spiro atoms. The van der Waals surface area contributed by atoms with Crippen LogP contribution in [0.5, 0.6) is 0 Å². The molecular formula is C12H13F3N2O4. The summed E-state index contributed by atoms with van der Waals surface area (Å²) in [6.07, 6.45) is -4.64. The Morgan fingerprint density at radius 2 is 2.10 bits per heavy atom. The number of ether oxygens (including phenoxy) is 1. The fraction of sp³-hybridized carbons (Fsp3) is 0.500. The topological polar surface area (TPSA) is 84.6 Å². The van der Waals surface area contributed by atoms with Gasteiger partial charge in [-0.3, -0.25) is 10.1 Å². The van der Waals surface area contributed by atoms with Crippen LogP contribution in [-0.2, 0) is 10.9 Å². The molecule has 0 aromatic heterocycles.